The van der Waals surface area contributed by atoms with E-state index in [0.29, 0.717) is 17.5 Å². The molecule has 16 heavy (non-hydrogen) atoms. The lowest BCUT2D eigenvalue weighted by atomic mass is 10.0. The molecule has 0 fully saturated rings. The van der Waals surface area contributed by atoms with Crippen molar-refractivity contribution >= 4 is 21.9 Å². The molecular formula is C12H15BrO3. The van der Waals surface area contributed by atoms with Crippen LogP contribution in [0.4, 0.5) is 0 Å². The zero-order valence-electron chi connectivity index (χ0n) is 9.67. The van der Waals surface area contributed by atoms with Crippen LogP contribution in [0.25, 0.3) is 0 Å². The maximum Gasteiger partial charge on any atom is 0.338 e. The van der Waals surface area contributed by atoms with Gasteiger partial charge in [0.25, 0.3) is 0 Å². The van der Waals surface area contributed by atoms with E-state index >= 15 is 0 Å². The van der Waals surface area contributed by atoms with Gasteiger partial charge in [-0.3, -0.25) is 0 Å². The summed E-state index contributed by atoms with van der Waals surface area (Å²) in [7, 11) is 1.61. The summed E-state index contributed by atoms with van der Waals surface area (Å²) in [4.78, 5) is 11.8. The largest absolute Gasteiger partial charge is 0.497 e. The number of alkyl halides is 1. The second-order valence-electron chi connectivity index (χ2n) is 3.33. The Morgan fingerprint density at radius 1 is 1.44 bits per heavy atom. The van der Waals surface area contributed by atoms with Crippen molar-refractivity contribution in [3.63, 3.8) is 0 Å². The Kier molecular flexibility index (Phi) is 4.80. The molecule has 0 saturated heterocycles. The molecule has 4 heteroatoms. The summed E-state index contributed by atoms with van der Waals surface area (Å²) < 4.78 is 10.2. The van der Waals surface area contributed by atoms with Crippen LogP contribution in [-0.2, 0) is 10.1 Å². The molecule has 0 aliphatic carbocycles. The maximum absolute atomic E-state index is 11.8. The van der Waals surface area contributed by atoms with E-state index in [2.05, 4.69) is 15.9 Å². The smallest absolute Gasteiger partial charge is 0.338 e. The van der Waals surface area contributed by atoms with Crippen molar-refractivity contribution in [3.8, 4) is 5.75 Å². The summed E-state index contributed by atoms with van der Waals surface area (Å²) >= 11 is 3.36. The molecule has 0 bridgehead atoms. The molecule has 3 nitrogen and oxygen atoms in total. The molecule has 1 rings (SSSR count). The number of hydrogen-bond acceptors (Lipinski definition) is 3. The van der Waals surface area contributed by atoms with Crippen molar-refractivity contribution in [2.45, 2.75) is 19.2 Å². The Hall–Kier alpha value is -1.03. The number of rotatable bonds is 4. The Bertz CT molecular complexity index is 388. The van der Waals surface area contributed by atoms with Gasteiger partial charge in [0.05, 0.1) is 19.3 Å². The van der Waals surface area contributed by atoms with Crippen molar-refractivity contribution in [1.29, 1.82) is 0 Å². The fourth-order valence-corrected chi connectivity index (χ4v) is 1.99. The minimum Gasteiger partial charge on any atom is -0.497 e. The van der Waals surface area contributed by atoms with E-state index in [1.165, 1.54) is 0 Å². The van der Waals surface area contributed by atoms with Gasteiger partial charge in [-0.1, -0.05) is 15.9 Å². The number of aryl methyl sites for hydroxylation is 1. The van der Waals surface area contributed by atoms with Gasteiger partial charge in [-0.15, -0.1) is 0 Å². The number of carbonyl (C=O) groups is 1. The van der Waals surface area contributed by atoms with Crippen LogP contribution < -0.4 is 4.74 Å². The van der Waals surface area contributed by atoms with E-state index in [-0.39, 0.29) is 5.97 Å². The average molecular weight is 287 g/mol. The topological polar surface area (TPSA) is 35.5 Å². The van der Waals surface area contributed by atoms with E-state index in [1.54, 1.807) is 14.0 Å². The lowest BCUT2D eigenvalue weighted by molar-refractivity contribution is 0.0524. The molecule has 1 aromatic carbocycles. The molecule has 0 amide bonds. The van der Waals surface area contributed by atoms with Crippen LogP contribution >= 0.6 is 15.9 Å². The highest BCUT2D eigenvalue weighted by molar-refractivity contribution is 9.08. The molecule has 0 spiro atoms. The van der Waals surface area contributed by atoms with E-state index < -0.39 is 0 Å². The highest BCUT2D eigenvalue weighted by atomic mass is 79.9. The van der Waals surface area contributed by atoms with Crippen LogP contribution in [-0.4, -0.2) is 19.7 Å². The summed E-state index contributed by atoms with van der Waals surface area (Å²) in [6, 6.07) is 3.67. The molecule has 0 aliphatic rings. The summed E-state index contributed by atoms with van der Waals surface area (Å²) in [6.45, 7) is 4.05. The first-order chi connectivity index (χ1) is 7.63. The fourth-order valence-electron chi connectivity index (χ4n) is 1.54. The first-order valence-corrected chi connectivity index (χ1v) is 6.16. The van der Waals surface area contributed by atoms with Gasteiger partial charge in [-0.2, -0.15) is 0 Å². The second kappa shape index (κ2) is 5.89. The molecule has 0 N–H and O–H groups in total. The van der Waals surface area contributed by atoms with Gasteiger partial charge < -0.3 is 9.47 Å². The lowest BCUT2D eigenvalue weighted by Gasteiger charge is -2.12. The summed E-state index contributed by atoms with van der Waals surface area (Å²) in [5, 5.41) is 0.596. The summed E-state index contributed by atoms with van der Waals surface area (Å²) in [5.41, 5.74) is 2.38. The predicted molar refractivity (Wildman–Crippen MR) is 66.3 cm³/mol. The third-order valence-electron chi connectivity index (χ3n) is 2.25. The molecule has 0 heterocycles. The van der Waals surface area contributed by atoms with Gasteiger partial charge in [0, 0.05) is 5.33 Å². The number of benzene rings is 1. The third-order valence-corrected chi connectivity index (χ3v) is 2.85. The van der Waals surface area contributed by atoms with Gasteiger partial charge in [-0.25, -0.2) is 4.79 Å². The minimum atomic E-state index is -0.280. The van der Waals surface area contributed by atoms with Crippen LogP contribution in [0, 0.1) is 6.92 Å². The molecular weight excluding hydrogens is 272 g/mol. The normalized spacial score (nSPS) is 10.0. The maximum atomic E-state index is 11.8. The van der Waals surface area contributed by atoms with Gasteiger partial charge in [-0.05, 0) is 37.1 Å². The molecule has 0 atom stereocenters. The molecule has 0 aromatic heterocycles. The summed E-state index contributed by atoms with van der Waals surface area (Å²) in [6.07, 6.45) is 0. The van der Waals surface area contributed by atoms with Crippen LogP contribution in [0.1, 0.15) is 28.4 Å². The number of carbonyl (C=O) groups excluding carboxylic acids is 1. The van der Waals surface area contributed by atoms with E-state index in [4.69, 9.17) is 9.47 Å². The van der Waals surface area contributed by atoms with Gasteiger partial charge in [0.15, 0.2) is 0 Å². The molecule has 88 valence electrons. The SMILES string of the molecule is CCOC(=O)c1c(C)cc(OC)cc1CBr. The van der Waals surface area contributed by atoms with Gasteiger partial charge in [0.2, 0.25) is 0 Å². The zero-order chi connectivity index (χ0) is 12.1. The van der Waals surface area contributed by atoms with Crippen molar-refractivity contribution in [1.82, 2.24) is 0 Å². The Balaban J connectivity index is 3.21. The second-order valence-corrected chi connectivity index (χ2v) is 3.89. The third kappa shape index (κ3) is 2.76. The highest BCUT2D eigenvalue weighted by Crippen LogP contribution is 2.24. The Morgan fingerprint density at radius 2 is 2.12 bits per heavy atom. The number of hydrogen-bond donors (Lipinski definition) is 0. The van der Waals surface area contributed by atoms with Gasteiger partial charge >= 0.3 is 5.97 Å². The molecule has 1 aromatic rings. The number of esters is 1. The van der Waals surface area contributed by atoms with E-state index in [0.717, 1.165) is 16.9 Å². The van der Waals surface area contributed by atoms with Crippen LogP contribution in [0.15, 0.2) is 12.1 Å². The number of halogens is 1. The number of methoxy groups -OCH3 is 1. The highest BCUT2D eigenvalue weighted by Gasteiger charge is 2.16. The van der Waals surface area contributed by atoms with Crippen molar-refractivity contribution in [2.75, 3.05) is 13.7 Å². The van der Waals surface area contributed by atoms with Crippen molar-refractivity contribution in [3.05, 3.63) is 28.8 Å². The molecule has 0 saturated carbocycles. The lowest BCUT2D eigenvalue weighted by Crippen LogP contribution is -2.10. The molecule has 0 aliphatic heterocycles. The first-order valence-electron chi connectivity index (χ1n) is 5.04. The fraction of sp³-hybridized carbons (Fsp3) is 0.417. The van der Waals surface area contributed by atoms with Crippen LogP contribution in [0.3, 0.4) is 0 Å². The van der Waals surface area contributed by atoms with Gasteiger partial charge in [0.1, 0.15) is 5.75 Å². The summed E-state index contributed by atoms with van der Waals surface area (Å²) in [5.74, 6) is 0.470. The minimum absolute atomic E-state index is 0.280. The van der Waals surface area contributed by atoms with Crippen LogP contribution in [0.2, 0.25) is 0 Å². The Morgan fingerprint density at radius 3 is 2.62 bits per heavy atom. The van der Waals surface area contributed by atoms with E-state index in [1.807, 2.05) is 19.1 Å². The molecule has 0 radical (unpaired) electrons. The average Bonchev–Trinajstić information content (AvgIpc) is 2.27. The van der Waals surface area contributed by atoms with Crippen molar-refractivity contribution < 1.29 is 14.3 Å². The number of ether oxygens (including phenoxy) is 2. The standard InChI is InChI=1S/C12H15BrO3/c1-4-16-12(14)11-8(2)5-10(15-3)6-9(11)7-13/h5-6H,4,7H2,1-3H3. The monoisotopic (exact) mass is 286 g/mol. The molecule has 0 unspecified atom stereocenters. The van der Waals surface area contributed by atoms with Crippen LogP contribution in [0.5, 0.6) is 5.75 Å². The van der Waals surface area contributed by atoms with E-state index in [9.17, 15) is 4.79 Å². The first kappa shape index (κ1) is 13.0. The zero-order valence-corrected chi connectivity index (χ0v) is 11.3. The Labute approximate surface area is 104 Å². The quantitative estimate of drug-likeness (QED) is 0.630. The van der Waals surface area contributed by atoms with Crippen molar-refractivity contribution in [2.24, 2.45) is 0 Å². The predicted octanol–water partition coefficient (Wildman–Crippen LogP) is 3.08.